The number of hydrogen-bond acceptors (Lipinski definition) is 3. The number of guanidine groups is 1. The molecule has 0 bridgehead atoms. The first-order chi connectivity index (χ1) is 13.5. The van der Waals surface area contributed by atoms with Crippen molar-refractivity contribution in [2.24, 2.45) is 4.99 Å². The molecule has 3 N–H and O–H groups in total. The van der Waals surface area contributed by atoms with Gasteiger partial charge in [0.05, 0.1) is 6.54 Å². The van der Waals surface area contributed by atoms with Crippen LogP contribution < -0.4 is 20.7 Å². The molecule has 0 aliphatic carbocycles. The molecule has 0 spiro atoms. The van der Waals surface area contributed by atoms with Gasteiger partial charge < -0.3 is 20.7 Å². The molecule has 0 heterocycles. The maximum atomic E-state index is 13.6. The largest absolute Gasteiger partial charge is 0.486 e. The van der Waals surface area contributed by atoms with E-state index in [2.05, 4.69) is 20.9 Å². The molecule has 7 heteroatoms. The van der Waals surface area contributed by atoms with Crippen LogP contribution in [-0.2, 0) is 6.42 Å². The summed E-state index contributed by atoms with van der Waals surface area (Å²) in [6, 6.07) is 13.8. The van der Waals surface area contributed by atoms with Crippen molar-refractivity contribution in [2.75, 3.05) is 27.2 Å². The Bertz CT molecular complexity index is 810. The monoisotopic (exact) mass is 386 g/mol. The predicted molar refractivity (Wildman–Crippen MR) is 109 cm³/mol. The van der Waals surface area contributed by atoms with Crippen LogP contribution in [-0.4, -0.2) is 45.2 Å². The molecule has 0 radical (unpaired) electrons. The minimum absolute atomic E-state index is 0.101. The van der Waals surface area contributed by atoms with Gasteiger partial charge in [-0.25, -0.2) is 4.39 Å². The van der Waals surface area contributed by atoms with Crippen LogP contribution in [0.15, 0.2) is 53.5 Å². The lowest BCUT2D eigenvalue weighted by atomic mass is 10.1. The number of halogens is 1. The molecule has 2 aromatic rings. The zero-order valence-corrected chi connectivity index (χ0v) is 16.5. The molecule has 1 amide bonds. The number of amides is 1. The number of aliphatic imine (C=N–C) groups is 1. The predicted octanol–water partition coefficient (Wildman–Crippen LogP) is 2.36. The molecule has 6 nitrogen and oxygen atoms in total. The number of nitrogens with zero attached hydrogens (tertiary/aromatic N) is 1. The number of ether oxygens (including phenoxy) is 1. The third-order valence-corrected chi connectivity index (χ3v) is 4.07. The second-order valence-corrected chi connectivity index (χ2v) is 6.27. The normalized spacial score (nSPS) is 12.2. The summed E-state index contributed by atoms with van der Waals surface area (Å²) in [6.45, 7) is 2.98. The van der Waals surface area contributed by atoms with E-state index < -0.39 is 0 Å². The summed E-state index contributed by atoms with van der Waals surface area (Å²) in [6.07, 6.45) is 0.506. The van der Waals surface area contributed by atoms with Crippen LogP contribution in [0.1, 0.15) is 22.8 Å². The van der Waals surface area contributed by atoms with E-state index in [0.717, 1.165) is 12.0 Å². The fraction of sp³-hybridized carbons (Fsp3) is 0.333. The Kier molecular flexibility index (Phi) is 8.27. The summed E-state index contributed by atoms with van der Waals surface area (Å²) < 4.78 is 19.2. The molecular formula is C21H27FN4O2. The minimum atomic E-state index is -0.379. The van der Waals surface area contributed by atoms with Gasteiger partial charge >= 0.3 is 0 Å². The van der Waals surface area contributed by atoms with Crippen molar-refractivity contribution < 1.29 is 13.9 Å². The molecule has 2 rings (SSSR count). The van der Waals surface area contributed by atoms with Crippen LogP contribution in [0.3, 0.4) is 0 Å². The molecule has 0 aliphatic rings. The molecule has 0 saturated heterocycles. The number of benzene rings is 2. The molecule has 1 unspecified atom stereocenters. The van der Waals surface area contributed by atoms with Crippen molar-refractivity contribution in [3.8, 4) is 5.75 Å². The van der Waals surface area contributed by atoms with Gasteiger partial charge in [0.1, 0.15) is 6.10 Å². The standard InChI is InChI=1S/C21H27FN4O2/c1-15(28-19-10-5-4-9-18(19)22)14-26-21(24-3)25-12-11-16-7-6-8-17(13-16)20(27)23-2/h4-10,13,15H,11-12,14H2,1-3H3,(H,23,27)(H2,24,25,26). The first-order valence-corrected chi connectivity index (χ1v) is 9.20. The molecule has 2 aromatic carbocycles. The lowest BCUT2D eigenvalue weighted by molar-refractivity contribution is 0.0963. The summed E-state index contributed by atoms with van der Waals surface area (Å²) in [4.78, 5) is 15.9. The van der Waals surface area contributed by atoms with E-state index in [-0.39, 0.29) is 23.6 Å². The van der Waals surface area contributed by atoms with Crippen LogP contribution in [0.4, 0.5) is 4.39 Å². The van der Waals surface area contributed by atoms with E-state index in [1.54, 1.807) is 38.4 Å². The average molecular weight is 386 g/mol. The van der Waals surface area contributed by atoms with Crippen LogP contribution in [0.5, 0.6) is 5.75 Å². The maximum Gasteiger partial charge on any atom is 0.251 e. The molecular weight excluding hydrogens is 359 g/mol. The minimum Gasteiger partial charge on any atom is -0.486 e. The van der Waals surface area contributed by atoms with Crippen molar-refractivity contribution in [3.05, 3.63) is 65.5 Å². The van der Waals surface area contributed by atoms with E-state index >= 15 is 0 Å². The Labute approximate surface area is 165 Å². The molecule has 28 heavy (non-hydrogen) atoms. The SMILES string of the molecule is CN=C(NCCc1cccc(C(=O)NC)c1)NCC(C)Oc1ccccc1F. The lowest BCUT2D eigenvalue weighted by Crippen LogP contribution is -2.42. The Morgan fingerprint density at radius 3 is 2.68 bits per heavy atom. The van der Waals surface area contributed by atoms with Gasteiger partial charge in [0.25, 0.3) is 5.91 Å². The van der Waals surface area contributed by atoms with Crippen molar-refractivity contribution in [1.82, 2.24) is 16.0 Å². The fourth-order valence-corrected chi connectivity index (χ4v) is 2.60. The quantitative estimate of drug-likeness (QED) is 0.481. The summed E-state index contributed by atoms with van der Waals surface area (Å²) >= 11 is 0. The molecule has 150 valence electrons. The van der Waals surface area contributed by atoms with E-state index in [4.69, 9.17) is 4.74 Å². The Balaban J connectivity index is 1.77. The Hall–Kier alpha value is -3.09. The van der Waals surface area contributed by atoms with Crippen molar-refractivity contribution >= 4 is 11.9 Å². The molecule has 1 atom stereocenters. The highest BCUT2D eigenvalue weighted by Crippen LogP contribution is 2.16. The topological polar surface area (TPSA) is 74.8 Å². The highest BCUT2D eigenvalue weighted by Gasteiger charge is 2.09. The van der Waals surface area contributed by atoms with Gasteiger partial charge in [0.15, 0.2) is 17.5 Å². The number of rotatable bonds is 8. The number of para-hydroxylation sites is 1. The molecule has 0 fully saturated rings. The second kappa shape index (κ2) is 10.9. The number of hydrogen-bond donors (Lipinski definition) is 3. The van der Waals surface area contributed by atoms with Gasteiger partial charge in [-0.2, -0.15) is 0 Å². The van der Waals surface area contributed by atoms with Crippen molar-refractivity contribution in [2.45, 2.75) is 19.4 Å². The van der Waals surface area contributed by atoms with Crippen LogP contribution in [0, 0.1) is 5.82 Å². The van der Waals surface area contributed by atoms with Crippen LogP contribution in [0.25, 0.3) is 0 Å². The first-order valence-electron chi connectivity index (χ1n) is 9.20. The molecule has 0 aromatic heterocycles. The van der Waals surface area contributed by atoms with Crippen LogP contribution in [0.2, 0.25) is 0 Å². The van der Waals surface area contributed by atoms with E-state index in [9.17, 15) is 9.18 Å². The van der Waals surface area contributed by atoms with Gasteiger partial charge in [-0.3, -0.25) is 9.79 Å². The highest BCUT2D eigenvalue weighted by molar-refractivity contribution is 5.94. The third kappa shape index (κ3) is 6.57. The van der Waals surface area contributed by atoms with E-state index in [1.165, 1.54) is 6.07 Å². The van der Waals surface area contributed by atoms with E-state index in [1.807, 2.05) is 25.1 Å². The second-order valence-electron chi connectivity index (χ2n) is 6.27. The lowest BCUT2D eigenvalue weighted by Gasteiger charge is -2.18. The molecule has 0 aliphatic heterocycles. The highest BCUT2D eigenvalue weighted by atomic mass is 19.1. The molecule has 0 saturated carbocycles. The summed E-state index contributed by atoms with van der Waals surface area (Å²) in [7, 11) is 3.30. The maximum absolute atomic E-state index is 13.6. The average Bonchev–Trinajstić information content (AvgIpc) is 2.71. The first kappa shape index (κ1) is 21.2. The smallest absolute Gasteiger partial charge is 0.251 e. The van der Waals surface area contributed by atoms with Crippen molar-refractivity contribution in [3.63, 3.8) is 0 Å². The summed E-state index contributed by atoms with van der Waals surface area (Å²) in [5.74, 6) is 0.383. The number of nitrogens with one attached hydrogen (secondary N) is 3. The zero-order valence-electron chi connectivity index (χ0n) is 16.5. The Morgan fingerprint density at radius 1 is 1.18 bits per heavy atom. The number of carbonyl (C=O) groups is 1. The summed E-state index contributed by atoms with van der Waals surface area (Å²) in [5.41, 5.74) is 1.70. The van der Waals surface area contributed by atoms with Gasteiger partial charge in [0, 0.05) is 26.2 Å². The third-order valence-electron chi connectivity index (χ3n) is 4.07. The van der Waals surface area contributed by atoms with Gasteiger partial charge in [-0.15, -0.1) is 0 Å². The van der Waals surface area contributed by atoms with Crippen molar-refractivity contribution in [1.29, 1.82) is 0 Å². The number of carbonyl (C=O) groups excluding carboxylic acids is 1. The van der Waals surface area contributed by atoms with Gasteiger partial charge in [-0.1, -0.05) is 24.3 Å². The Morgan fingerprint density at radius 2 is 1.96 bits per heavy atom. The van der Waals surface area contributed by atoms with Crippen LogP contribution >= 0.6 is 0 Å². The van der Waals surface area contributed by atoms with Gasteiger partial charge in [-0.05, 0) is 43.2 Å². The zero-order chi connectivity index (χ0) is 20.4. The fourth-order valence-electron chi connectivity index (χ4n) is 2.60. The van der Waals surface area contributed by atoms with E-state index in [0.29, 0.717) is 24.6 Å². The summed E-state index contributed by atoms with van der Waals surface area (Å²) in [5, 5.41) is 9.00. The van der Waals surface area contributed by atoms with Gasteiger partial charge in [0.2, 0.25) is 0 Å².